The Morgan fingerprint density at radius 3 is 2.40 bits per heavy atom. The third-order valence-electron chi connectivity index (χ3n) is 3.77. The highest BCUT2D eigenvalue weighted by molar-refractivity contribution is 6.35. The number of aryl methyl sites for hydroxylation is 1. The number of nitrogens with one attached hydrogen (secondary N) is 1. The molecule has 104 valence electrons. The Bertz CT molecular complexity index is 603. The zero-order chi connectivity index (χ0) is 14.1. The maximum atomic E-state index is 6.26. The zero-order valence-corrected chi connectivity index (χ0v) is 12.9. The molecule has 1 unspecified atom stereocenters. The Balaban J connectivity index is 1.88. The molecule has 0 aliphatic heterocycles. The van der Waals surface area contributed by atoms with Crippen molar-refractivity contribution in [1.29, 1.82) is 0 Å². The molecule has 1 aliphatic rings. The predicted molar refractivity (Wildman–Crippen MR) is 86.7 cm³/mol. The van der Waals surface area contributed by atoms with Crippen LogP contribution >= 0.6 is 23.2 Å². The highest BCUT2D eigenvalue weighted by Crippen LogP contribution is 2.44. The third kappa shape index (κ3) is 3.11. The van der Waals surface area contributed by atoms with Gasteiger partial charge in [-0.1, -0.05) is 53.0 Å². The number of anilines is 1. The Labute approximate surface area is 129 Å². The van der Waals surface area contributed by atoms with Crippen LogP contribution in [0.5, 0.6) is 0 Å². The highest BCUT2D eigenvalue weighted by Gasteiger charge is 2.32. The average molecular weight is 306 g/mol. The quantitative estimate of drug-likeness (QED) is 0.745. The molecule has 20 heavy (non-hydrogen) atoms. The molecule has 0 bridgehead atoms. The summed E-state index contributed by atoms with van der Waals surface area (Å²) in [6, 6.07) is 14.6. The second kappa shape index (κ2) is 5.67. The van der Waals surface area contributed by atoms with Gasteiger partial charge in [0, 0.05) is 5.02 Å². The van der Waals surface area contributed by atoms with Gasteiger partial charge in [-0.2, -0.15) is 0 Å². The van der Waals surface area contributed by atoms with Crippen LogP contribution in [0, 0.1) is 12.8 Å². The molecule has 3 rings (SSSR count). The van der Waals surface area contributed by atoms with Crippen LogP contribution in [0.25, 0.3) is 0 Å². The standard InChI is InChI=1S/C17H17Cl2N/c1-11-2-4-12(5-3-11)17(13-6-7-13)20-16-10-14(18)8-9-15(16)19/h2-5,8-10,13,17,20H,6-7H2,1H3. The molecule has 0 amide bonds. The molecule has 1 aliphatic carbocycles. The number of benzene rings is 2. The van der Waals surface area contributed by atoms with Gasteiger partial charge in [0.25, 0.3) is 0 Å². The lowest BCUT2D eigenvalue weighted by Crippen LogP contribution is -2.13. The van der Waals surface area contributed by atoms with Crippen molar-refractivity contribution in [2.75, 3.05) is 5.32 Å². The van der Waals surface area contributed by atoms with Crippen LogP contribution in [0.1, 0.15) is 30.0 Å². The molecule has 1 fully saturated rings. The lowest BCUT2D eigenvalue weighted by molar-refractivity contribution is 0.679. The van der Waals surface area contributed by atoms with Crippen molar-refractivity contribution in [1.82, 2.24) is 0 Å². The lowest BCUT2D eigenvalue weighted by atomic mass is 10.0. The fourth-order valence-electron chi connectivity index (χ4n) is 2.45. The zero-order valence-electron chi connectivity index (χ0n) is 11.4. The summed E-state index contributed by atoms with van der Waals surface area (Å²) in [5.74, 6) is 0.688. The van der Waals surface area contributed by atoms with E-state index in [2.05, 4.69) is 36.5 Å². The normalized spacial score (nSPS) is 15.9. The van der Waals surface area contributed by atoms with E-state index in [-0.39, 0.29) is 0 Å². The number of hydrogen-bond donors (Lipinski definition) is 1. The van der Waals surface area contributed by atoms with Gasteiger partial charge in [-0.3, -0.25) is 0 Å². The smallest absolute Gasteiger partial charge is 0.0638 e. The molecule has 1 nitrogen and oxygen atoms in total. The van der Waals surface area contributed by atoms with Crippen LogP contribution in [-0.4, -0.2) is 0 Å². The van der Waals surface area contributed by atoms with Gasteiger partial charge in [0.1, 0.15) is 0 Å². The van der Waals surface area contributed by atoms with E-state index in [1.165, 1.54) is 24.0 Å². The van der Waals surface area contributed by atoms with Crippen molar-refractivity contribution in [3.63, 3.8) is 0 Å². The van der Waals surface area contributed by atoms with Gasteiger partial charge >= 0.3 is 0 Å². The molecule has 0 spiro atoms. The summed E-state index contributed by atoms with van der Waals surface area (Å²) in [6.07, 6.45) is 2.54. The van der Waals surface area contributed by atoms with E-state index in [0.717, 1.165) is 5.69 Å². The number of rotatable bonds is 4. The maximum absolute atomic E-state index is 6.26. The Morgan fingerprint density at radius 1 is 1.05 bits per heavy atom. The molecule has 3 heteroatoms. The molecular weight excluding hydrogens is 289 g/mol. The number of halogens is 2. The van der Waals surface area contributed by atoms with Gasteiger partial charge in [0.05, 0.1) is 16.8 Å². The van der Waals surface area contributed by atoms with Gasteiger partial charge in [-0.25, -0.2) is 0 Å². The molecule has 2 aromatic carbocycles. The summed E-state index contributed by atoms with van der Waals surface area (Å²) in [5.41, 5.74) is 3.51. The molecule has 2 aromatic rings. The summed E-state index contributed by atoms with van der Waals surface area (Å²) in [5, 5.41) is 4.99. The van der Waals surface area contributed by atoms with Crippen LogP contribution in [0.4, 0.5) is 5.69 Å². The van der Waals surface area contributed by atoms with Gasteiger partial charge in [-0.05, 0) is 49.4 Å². The summed E-state index contributed by atoms with van der Waals surface area (Å²) in [6.45, 7) is 2.11. The van der Waals surface area contributed by atoms with E-state index < -0.39 is 0 Å². The first kappa shape index (κ1) is 13.8. The molecule has 1 saturated carbocycles. The second-order valence-corrected chi connectivity index (χ2v) is 6.34. The molecule has 1 N–H and O–H groups in total. The minimum Gasteiger partial charge on any atom is -0.377 e. The fraction of sp³-hybridized carbons (Fsp3) is 0.294. The first-order chi connectivity index (χ1) is 9.63. The Kier molecular flexibility index (Phi) is 3.91. The average Bonchev–Trinajstić information content (AvgIpc) is 3.25. The van der Waals surface area contributed by atoms with Gasteiger partial charge in [-0.15, -0.1) is 0 Å². The van der Waals surface area contributed by atoms with Gasteiger partial charge in [0.15, 0.2) is 0 Å². The molecule has 0 heterocycles. The Morgan fingerprint density at radius 2 is 1.75 bits per heavy atom. The minimum absolute atomic E-state index is 0.312. The van der Waals surface area contributed by atoms with E-state index in [4.69, 9.17) is 23.2 Å². The summed E-state index contributed by atoms with van der Waals surface area (Å²) in [4.78, 5) is 0. The van der Waals surface area contributed by atoms with Crippen molar-refractivity contribution in [2.45, 2.75) is 25.8 Å². The third-order valence-corrected chi connectivity index (χ3v) is 4.33. The molecule has 0 saturated heterocycles. The Hall–Kier alpha value is -1.18. The first-order valence-electron chi connectivity index (χ1n) is 6.91. The van der Waals surface area contributed by atoms with Crippen molar-refractivity contribution in [3.8, 4) is 0 Å². The van der Waals surface area contributed by atoms with Crippen LogP contribution in [-0.2, 0) is 0 Å². The molecular formula is C17H17Cl2N. The van der Waals surface area contributed by atoms with Crippen molar-refractivity contribution >= 4 is 28.9 Å². The molecule has 0 aromatic heterocycles. The maximum Gasteiger partial charge on any atom is 0.0638 e. The van der Waals surface area contributed by atoms with Gasteiger partial charge < -0.3 is 5.32 Å². The van der Waals surface area contributed by atoms with E-state index in [0.29, 0.717) is 22.0 Å². The predicted octanol–water partition coefficient (Wildman–Crippen LogP) is 5.87. The van der Waals surface area contributed by atoms with E-state index >= 15 is 0 Å². The van der Waals surface area contributed by atoms with Crippen molar-refractivity contribution in [2.24, 2.45) is 5.92 Å². The van der Waals surface area contributed by atoms with Crippen LogP contribution in [0.3, 0.4) is 0 Å². The van der Waals surface area contributed by atoms with Crippen molar-refractivity contribution < 1.29 is 0 Å². The minimum atomic E-state index is 0.312. The number of hydrogen-bond acceptors (Lipinski definition) is 1. The van der Waals surface area contributed by atoms with Crippen LogP contribution in [0.2, 0.25) is 10.0 Å². The largest absolute Gasteiger partial charge is 0.377 e. The topological polar surface area (TPSA) is 12.0 Å². The summed E-state index contributed by atoms with van der Waals surface area (Å²) < 4.78 is 0. The fourth-order valence-corrected chi connectivity index (χ4v) is 2.80. The lowest BCUT2D eigenvalue weighted by Gasteiger charge is -2.21. The van der Waals surface area contributed by atoms with E-state index in [1.807, 2.05) is 18.2 Å². The highest BCUT2D eigenvalue weighted by atomic mass is 35.5. The van der Waals surface area contributed by atoms with E-state index in [9.17, 15) is 0 Å². The molecule has 0 radical (unpaired) electrons. The second-order valence-electron chi connectivity index (χ2n) is 5.49. The van der Waals surface area contributed by atoms with E-state index in [1.54, 1.807) is 0 Å². The van der Waals surface area contributed by atoms with Gasteiger partial charge in [0.2, 0.25) is 0 Å². The summed E-state index contributed by atoms with van der Waals surface area (Å²) >= 11 is 12.3. The summed E-state index contributed by atoms with van der Waals surface area (Å²) in [7, 11) is 0. The van der Waals surface area contributed by atoms with Crippen LogP contribution in [0.15, 0.2) is 42.5 Å². The molecule has 1 atom stereocenters. The monoisotopic (exact) mass is 305 g/mol. The SMILES string of the molecule is Cc1ccc(C(Nc2cc(Cl)ccc2Cl)C2CC2)cc1. The van der Waals surface area contributed by atoms with Crippen molar-refractivity contribution in [3.05, 3.63) is 63.6 Å². The van der Waals surface area contributed by atoms with Crippen LogP contribution < -0.4 is 5.32 Å². The first-order valence-corrected chi connectivity index (χ1v) is 7.67.